The molecule has 3 aromatic heterocycles. The van der Waals surface area contributed by atoms with Crippen molar-refractivity contribution < 1.29 is 9.53 Å². The number of hydrogen-bond acceptors (Lipinski definition) is 7. The minimum atomic E-state index is 0.0447. The van der Waals surface area contributed by atoms with E-state index in [1.807, 2.05) is 65.9 Å². The van der Waals surface area contributed by atoms with Crippen molar-refractivity contribution in [3.63, 3.8) is 0 Å². The average molecular weight is 546 g/mol. The molecule has 2 unspecified atom stereocenters. The summed E-state index contributed by atoms with van der Waals surface area (Å²) in [4.78, 5) is 32.9. The number of hydrogen-bond donors (Lipinski definition) is 1. The van der Waals surface area contributed by atoms with Gasteiger partial charge in [0.2, 0.25) is 5.91 Å². The summed E-state index contributed by atoms with van der Waals surface area (Å²) in [5, 5.41) is 3.45. The van der Waals surface area contributed by atoms with Crippen LogP contribution in [-0.2, 0) is 11.8 Å². The van der Waals surface area contributed by atoms with Crippen LogP contribution >= 0.6 is 0 Å². The maximum atomic E-state index is 12.4. The van der Waals surface area contributed by atoms with Gasteiger partial charge in [0.1, 0.15) is 23.3 Å². The Morgan fingerprint density at radius 3 is 2.63 bits per heavy atom. The fraction of sp³-hybridized carbons (Fsp3) is 0.281. The molecule has 2 atom stereocenters. The molecule has 0 aliphatic carbocycles. The summed E-state index contributed by atoms with van der Waals surface area (Å²) in [6.45, 7) is 5.71. The normalized spacial score (nSPS) is 20.0. The van der Waals surface area contributed by atoms with Gasteiger partial charge in [0.05, 0.1) is 22.9 Å². The van der Waals surface area contributed by atoms with Gasteiger partial charge in [-0.05, 0) is 86.7 Å². The van der Waals surface area contributed by atoms with E-state index in [4.69, 9.17) is 9.72 Å². The number of nitrogens with zero attached hydrogens (tertiary/aromatic N) is 6. The molecule has 2 aromatic carbocycles. The number of anilines is 2. The molecule has 0 spiro atoms. The van der Waals surface area contributed by atoms with Crippen LogP contribution in [0.2, 0.25) is 0 Å². The number of carbonyl (C=O) groups is 1. The fourth-order valence-electron chi connectivity index (χ4n) is 6.44. The second kappa shape index (κ2) is 9.99. The first-order valence-corrected chi connectivity index (χ1v) is 14.0. The highest BCUT2D eigenvalue weighted by molar-refractivity contribution is 5.88. The number of amides is 1. The Morgan fingerprint density at radius 1 is 1.02 bits per heavy atom. The van der Waals surface area contributed by atoms with Gasteiger partial charge in [0.15, 0.2) is 5.82 Å². The van der Waals surface area contributed by atoms with Gasteiger partial charge in [-0.25, -0.2) is 19.9 Å². The zero-order valence-electron chi connectivity index (χ0n) is 23.1. The lowest BCUT2D eigenvalue weighted by atomic mass is 9.87. The van der Waals surface area contributed by atoms with Gasteiger partial charge < -0.3 is 19.5 Å². The Kier molecular flexibility index (Phi) is 6.14. The first-order valence-electron chi connectivity index (χ1n) is 14.0. The average Bonchev–Trinajstić information content (AvgIpc) is 3.48. The van der Waals surface area contributed by atoms with Crippen molar-refractivity contribution >= 4 is 39.5 Å². The van der Waals surface area contributed by atoms with Gasteiger partial charge in [0.25, 0.3) is 0 Å². The molecule has 5 aromatic rings. The molecule has 2 aliphatic rings. The summed E-state index contributed by atoms with van der Waals surface area (Å²) in [6.07, 6.45) is 8.72. The highest BCUT2D eigenvalue weighted by atomic mass is 16.5. The quantitative estimate of drug-likeness (QED) is 0.255. The van der Waals surface area contributed by atoms with Gasteiger partial charge in [-0.1, -0.05) is 6.58 Å². The van der Waals surface area contributed by atoms with Crippen LogP contribution in [0.15, 0.2) is 73.8 Å². The highest BCUT2D eigenvalue weighted by Gasteiger charge is 2.43. The lowest BCUT2D eigenvalue weighted by molar-refractivity contribution is -0.130. The summed E-state index contributed by atoms with van der Waals surface area (Å²) in [5.41, 5.74) is 6.38. The lowest BCUT2D eigenvalue weighted by Crippen LogP contribution is -2.45. The molecule has 41 heavy (non-hydrogen) atoms. The van der Waals surface area contributed by atoms with E-state index in [1.165, 1.54) is 6.08 Å². The highest BCUT2D eigenvalue weighted by Crippen LogP contribution is 2.43. The first kappa shape index (κ1) is 25.2. The van der Waals surface area contributed by atoms with Crippen molar-refractivity contribution in [2.45, 2.75) is 50.6 Å². The molecule has 1 N–H and O–H groups in total. The van der Waals surface area contributed by atoms with E-state index in [1.54, 1.807) is 12.7 Å². The molecule has 5 heterocycles. The molecular weight excluding hydrogens is 514 g/mol. The van der Waals surface area contributed by atoms with Crippen molar-refractivity contribution in [3.05, 3.63) is 85.1 Å². The molecular formula is C32H31N7O2. The third-order valence-electron chi connectivity index (χ3n) is 8.45. The fourth-order valence-corrected chi connectivity index (χ4v) is 6.44. The zero-order valence-corrected chi connectivity index (χ0v) is 23.1. The summed E-state index contributed by atoms with van der Waals surface area (Å²) < 4.78 is 8.18. The molecule has 2 fully saturated rings. The van der Waals surface area contributed by atoms with E-state index in [9.17, 15) is 4.79 Å². The maximum absolute atomic E-state index is 12.4. The first-order chi connectivity index (χ1) is 20.0. The molecule has 0 saturated carbocycles. The van der Waals surface area contributed by atoms with Crippen molar-refractivity contribution in [3.8, 4) is 11.5 Å². The molecule has 1 amide bonds. The van der Waals surface area contributed by atoms with E-state index in [-0.39, 0.29) is 18.0 Å². The Morgan fingerprint density at radius 2 is 1.85 bits per heavy atom. The van der Waals surface area contributed by atoms with Crippen LogP contribution in [0.4, 0.5) is 11.5 Å². The van der Waals surface area contributed by atoms with Crippen LogP contribution < -0.4 is 10.1 Å². The molecule has 2 bridgehead atoms. The minimum Gasteiger partial charge on any atom is -0.457 e. The monoisotopic (exact) mass is 545 g/mol. The van der Waals surface area contributed by atoms with E-state index in [0.717, 1.165) is 76.2 Å². The molecule has 9 nitrogen and oxygen atoms in total. The van der Waals surface area contributed by atoms with E-state index in [2.05, 4.69) is 32.9 Å². The van der Waals surface area contributed by atoms with Crippen molar-refractivity contribution in [1.29, 1.82) is 0 Å². The Balaban J connectivity index is 1.12. The SMILES string of the molecule is C=CC(=O)N1C2CCC1CC(c1ccc3ncnc(Nc4ccc(Oc5ccc6c(c5)ncn6C)c(C)c4)c3n1)C2. The van der Waals surface area contributed by atoms with Gasteiger partial charge >= 0.3 is 0 Å². The van der Waals surface area contributed by atoms with Crippen molar-refractivity contribution in [2.24, 2.45) is 7.05 Å². The predicted octanol–water partition coefficient (Wildman–Crippen LogP) is 6.18. The Labute approximate surface area is 237 Å². The third kappa shape index (κ3) is 4.57. The van der Waals surface area contributed by atoms with Crippen molar-refractivity contribution in [2.75, 3.05) is 5.32 Å². The summed E-state index contributed by atoms with van der Waals surface area (Å²) in [7, 11) is 1.98. The number of aromatic nitrogens is 5. The number of nitrogens with one attached hydrogen (secondary N) is 1. The number of imidazole rings is 1. The van der Waals surface area contributed by atoms with Gasteiger partial charge in [-0.15, -0.1) is 0 Å². The number of fused-ring (bicyclic) bond motifs is 4. The third-order valence-corrected chi connectivity index (χ3v) is 8.45. The van der Waals surface area contributed by atoms with Crippen LogP contribution in [0.5, 0.6) is 11.5 Å². The number of rotatable bonds is 6. The van der Waals surface area contributed by atoms with Crippen LogP contribution in [0.25, 0.3) is 22.1 Å². The molecule has 9 heteroatoms. The topological polar surface area (TPSA) is 98.1 Å². The van der Waals surface area contributed by atoms with Gasteiger partial charge in [-0.2, -0.15) is 0 Å². The predicted molar refractivity (Wildman–Crippen MR) is 158 cm³/mol. The van der Waals surface area contributed by atoms with E-state index < -0.39 is 0 Å². The number of carbonyl (C=O) groups excluding carboxylic acids is 1. The Bertz CT molecular complexity index is 1800. The molecule has 0 radical (unpaired) electrons. The number of piperidine rings is 1. The minimum absolute atomic E-state index is 0.0447. The number of benzene rings is 2. The molecule has 7 rings (SSSR count). The second-order valence-electron chi connectivity index (χ2n) is 11.0. The number of aryl methyl sites for hydroxylation is 2. The van der Waals surface area contributed by atoms with Crippen LogP contribution in [-0.4, -0.2) is 47.4 Å². The van der Waals surface area contributed by atoms with E-state index >= 15 is 0 Å². The zero-order chi connectivity index (χ0) is 28.1. The summed E-state index contributed by atoms with van der Waals surface area (Å²) in [5.74, 6) is 2.51. The standard InChI is InChI=1S/C32H31N7O2/c1-4-30(40)39-22-6-7-23(39)15-20(14-22)25-9-10-26-31(37-25)32(34-17-33-26)36-21-5-12-29(19(2)13-21)41-24-8-11-28-27(16-24)35-18-38(28)3/h4-5,8-13,16-18,20,22-23H,1,6-7,14-15H2,2-3H3,(H,33,34,36). The summed E-state index contributed by atoms with van der Waals surface area (Å²) in [6, 6.07) is 16.5. The second-order valence-corrected chi connectivity index (χ2v) is 11.0. The Hall–Kier alpha value is -4.79. The van der Waals surface area contributed by atoms with Crippen LogP contribution in [0.3, 0.4) is 0 Å². The summed E-state index contributed by atoms with van der Waals surface area (Å²) >= 11 is 0. The van der Waals surface area contributed by atoms with Crippen LogP contribution in [0, 0.1) is 6.92 Å². The molecule has 2 saturated heterocycles. The van der Waals surface area contributed by atoms with Gasteiger partial charge in [-0.3, -0.25) is 4.79 Å². The lowest BCUT2D eigenvalue weighted by Gasteiger charge is -2.38. The molecule has 2 aliphatic heterocycles. The molecule has 206 valence electrons. The van der Waals surface area contributed by atoms with Gasteiger partial charge in [0, 0.05) is 42.5 Å². The van der Waals surface area contributed by atoms with Crippen LogP contribution in [0.1, 0.15) is 42.9 Å². The van der Waals surface area contributed by atoms with Crippen molar-refractivity contribution in [1.82, 2.24) is 29.4 Å². The van der Waals surface area contributed by atoms with E-state index in [0.29, 0.717) is 11.7 Å². The smallest absolute Gasteiger partial charge is 0.246 e. The largest absolute Gasteiger partial charge is 0.457 e. The number of ether oxygens (including phenoxy) is 1. The maximum Gasteiger partial charge on any atom is 0.246 e. The number of pyridine rings is 1.